The van der Waals surface area contributed by atoms with Crippen LogP contribution in [-0.4, -0.2) is 22.9 Å². The Hall–Kier alpha value is -2.37. The Kier molecular flexibility index (Phi) is 2.32. The Bertz CT molecular complexity index is 458. The predicted octanol–water partition coefficient (Wildman–Crippen LogP) is 0.358. The number of hydrogen-bond acceptors (Lipinski definition) is 3. The molecule has 0 saturated carbocycles. The van der Waals surface area contributed by atoms with Gasteiger partial charge >= 0.3 is 12.1 Å². The Morgan fingerprint density at radius 3 is 2.44 bits per heavy atom. The van der Waals surface area contributed by atoms with Gasteiger partial charge in [-0.15, -0.1) is 0 Å². The van der Waals surface area contributed by atoms with Crippen molar-refractivity contribution in [1.82, 2.24) is 10.2 Å². The zero-order valence-corrected chi connectivity index (χ0v) is 8.21. The molecule has 0 spiro atoms. The molecule has 0 radical (unpaired) electrons. The summed E-state index contributed by atoms with van der Waals surface area (Å²) in [7, 11) is 0. The number of carbonyl (C=O) groups excluding carboxylic acids is 3. The number of rotatable bonds is 1. The van der Waals surface area contributed by atoms with Gasteiger partial charge in [0.2, 0.25) is 0 Å². The first-order valence-corrected chi connectivity index (χ1v) is 4.59. The second-order valence-corrected chi connectivity index (χ2v) is 3.32. The Morgan fingerprint density at radius 1 is 1.25 bits per heavy atom. The van der Waals surface area contributed by atoms with Gasteiger partial charge in [-0.1, -0.05) is 30.3 Å². The minimum Gasteiger partial charge on any atom is -0.351 e. The molecule has 6 heteroatoms. The first-order chi connectivity index (χ1) is 7.61. The molecule has 1 fully saturated rings. The SMILES string of the molecule is NC(=O)N1C(=O)NC(=O)C1c1ccccc1. The number of imide groups is 2. The van der Waals surface area contributed by atoms with Crippen LogP contribution < -0.4 is 11.1 Å². The van der Waals surface area contributed by atoms with Gasteiger partial charge in [-0.05, 0) is 5.56 Å². The average Bonchev–Trinajstić information content (AvgIpc) is 2.55. The normalized spacial score (nSPS) is 19.8. The third-order valence-electron chi connectivity index (χ3n) is 2.31. The lowest BCUT2D eigenvalue weighted by Crippen LogP contribution is -2.39. The molecule has 5 amide bonds. The number of benzene rings is 1. The largest absolute Gasteiger partial charge is 0.351 e. The number of carbonyl (C=O) groups is 3. The lowest BCUT2D eigenvalue weighted by atomic mass is 10.1. The Balaban J connectivity index is 2.42. The number of primary amides is 1. The first kappa shape index (κ1) is 10.2. The molecule has 16 heavy (non-hydrogen) atoms. The number of amides is 5. The molecule has 1 aliphatic heterocycles. The van der Waals surface area contributed by atoms with Crippen LogP contribution in [0.4, 0.5) is 9.59 Å². The number of hydrogen-bond donors (Lipinski definition) is 2. The fraction of sp³-hybridized carbons (Fsp3) is 0.100. The molecule has 0 bridgehead atoms. The van der Waals surface area contributed by atoms with E-state index >= 15 is 0 Å². The van der Waals surface area contributed by atoms with E-state index in [9.17, 15) is 14.4 Å². The molecule has 2 rings (SSSR count). The molecular formula is C10H9N3O3. The van der Waals surface area contributed by atoms with Crippen molar-refractivity contribution >= 4 is 18.0 Å². The van der Waals surface area contributed by atoms with E-state index in [1.165, 1.54) is 0 Å². The van der Waals surface area contributed by atoms with Crippen LogP contribution in [0.5, 0.6) is 0 Å². The van der Waals surface area contributed by atoms with Crippen LogP contribution in [-0.2, 0) is 4.79 Å². The van der Waals surface area contributed by atoms with Crippen LogP contribution >= 0.6 is 0 Å². The zero-order chi connectivity index (χ0) is 11.7. The summed E-state index contributed by atoms with van der Waals surface area (Å²) in [6, 6.07) is 5.80. The van der Waals surface area contributed by atoms with E-state index < -0.39 is 24.0 Å². The van der Waals surface area contributed by atoms with Crippen molar-refractivity contribution in [2.75, 3.05) is 0 Å². The second-order valence-electron chi connectivity index (χ2n) is 3.32. The predicted molar refractivity (Wildman–Crippen MR) is 54.1 cm³/mol. The van der Waals surface area contributed by atoms with Crippen LogP contribution in [0.15, 0.2) is 30.3 Å². The molecule has 1 aromatic carbocycles. The third kappa shape index (κ3) is 1.50. The molecule has 1 heterocycles. The smallest absolute Gasteiger partial charge is 0.333 e. The summed E-state index contributed by atoms with van der Waals surface area (Å²) in [5.41, 5.74) is 5.60. The fourth-order valence-corrected chi connectivity index (χ4v) is 1.63. The molecule has 1 atom stereocenters. The summed E-state index contributed by atoms with van der Waals surface area (Å²) >= 11 is 0. The minimum atomic E-state index is -0.966. The lowest BCUT2D eigenvalue weighted by Gasteiger charge is -2.17. The van der Waals surface area contributed by atoms with Crippen molar-refractivity contribution in [2.45, 2.75) is 6.04 Å². The molecular weight excluding hydrogens is 210 g/mol. The van der Waals surface area contributed by atoms with E-state index in [1.807, 2.05) is 5.32 Å². The van der Waals surface area contributed by atoms with E-state index in [-0.39, 0.29) is 0 Å². The Labute approximate surface area is 91.0 Å². The summed E-state index contributed by atoms with van der Waals surface area (Å²) in [6.45, 7) is 0. The quantitative estimate of drug-likeness (QED) is 0.668. The standard InChI is InChI=1S/C10H9N3O3/c11-9(15)13-7(8(14)12-10(13)16)6-4-2-1-3-5-6/h1-5,7H,(H2,11,15)(H,12,14,16). The highest BCUT2D eigenvalue weighted by atomic mass is 16.2. The molecule has 1 saturated heterocycles. The molecule has 6 nitrogen and oxygen atoms in total. The fourth-order valence-electron chi connectivity index (χ4n) is 1.63. The van der Waals surface area contributed by atoms with Gasteiger partial charge in [0.25, 0.3) is 5.91 Å². The van der Waals surface area contributed by atoms with E-state index in [1.54, 1.807) is 30.3 Å². The highest BCUT2D eigenvalue weighted by molar-refractivity contribution is 6.11. The molecule has 0 aromatic heterocycles. The first-order valence-electron chi connectivity index (χ1n) is 4.59. The van der Waals surface area contributed by atoms with Crippen LogP contribution in [0.25, 0.3) is 0 Å². The maximum atomic E-state index is 11.5. The second kappa shape index (κ2) is 3.65. The van der Waals surface area contributed by atoms with Gasteiger partial charge in [-0.3, -0.25) is 10.1 Å². The number of nitrogens with two attached hydrogens (primary N) is 1. The molecule has 3 N–H and O–H groups in total. The van der Waals surface area contributed by atoms with Crippen LogP contribution in [0.1, 0.15) is 11.6 Å². The molecule has 1 aromatic rings. The highest BCUT2D eigenvalue weighted by Gasteiger charge is 2.42. The van der Waals surface area contributed by atoms with Crippen molar-refractivity contribution in [3.8, 4) is 0 Å². The number of urea groups is 2. The van der Waals surface area contributed by atoms with Crippen LogP contribution in [0.3, 0.4) is 0 Å². The van der Waals surface area contributed by atoms with Crippen molar-refractivity contribution < 1.29 is 14.4 Å². The van der Waals surface area contributed by atoms with Gasteiger partial charge in [0.1, 0.15) is 6.04 Å². The zero-order valence-electron chi connectivity index (χ0n) is 8.21. The van der Waals surface area contributed by atoms with Gasteiger partial charge in [0.15, 0.2) is 0 Å². The summed E-state index contributed by atoms with van der Waals surface area (Å²) < 4.78 is 0. The van der Waals surface area contributed by atoms with Crippen molar-refractivity contribution in [3.05, 3.63) is 35.9 Å². The van der Waals surface area contributed by atoms with Crippen molar-refractivity contribution in [3.63, 3.8) is 0 Å². The minimum absolute atomic E-state index is 0.546. The average molecular weight is 219 g/mol. The van der Waals surface area contributed by atoms with Crippen LogP contribution in [0.2, 0.25) is 0 Å². The summed E-state index contributed by atoms with van der Waals surface area (Å²) in [4.78, 5) is 34.6. The van der Waals surface area contributed by atoms with Gasteiger partial charge in [0.05, 0.1) is 0 Å². The van der Waals surface area contributed by atoms with Crippen LogP contribution in [0, 0.1) is 0 Å². The van der Waals surface area contributed by atoms with Gasteiger partial charge in [-0.25, -0.2) is 14.5 Å². The topological polar surface area (TPSA) is 92.5 Å². The van der Waals surface area contributed by atoms with Gasteiger partial charge in [0, 0.05) is 0 Å². The summed E-state index contributed by atoms with van der Waals surface area (Å²) in [5, 5.41) is 2.04. The lowest BCUT2D eigenvalue weighted by molar-refractivity contribution is -0.121. The van der Waals surface area contributed by atoms with E-state index in [0.29, 0.717) is 10.5 Å². The van der Waals surface area contributed by atoms with Crippen molar-refractivity contribution in [1.29, 1.82) is 0 Å². The van der Waals surface area contributed by atoms with Gasteiger partial charge in [-0.2, -0.15) is 0 Å². The molecule has 1 unspecified atom stereocenters. The maximum absolute atomic E-state index is 11.5. The summed E-state index contributed by atoms with van der Waals surface area (Å²) in [6.07, 6.45) is 0. The molecule has 0 aliphatic carbocycles. The van der Waals surface area contributed by atoms with E-state index in [4.69, 9.17) is 5.73 Å². The maximum Gasteiger partial charge on any atom is 0.333 e. The Morgan fingerprint density at radius 2 is 1.88 bits per heavy atom. The molecule has 1 aliphatic rings. The van der Waals surface area contributed by atoms with Gasteiger partial charge < -0.3 is 5.73 Å². The van der Waals surface area contributed by atoms with E-state index in [2.05, 4.69) is 0 Å². The number of nitrogens with zero attached hydrogens (tertiary/aromatic N) is 1. The third-order valence-corrected chi connectivity index (χ3v) is 2.31. The summed E-state index contributed by atoms with van der Waals surface area (Å²) in [5.74, 6) is -0.546. The monoisotopic (exact) mass is 219 g/mol. The number of nitrogens with one attached hydrogen (secondary N) is 1. The highest BCUT2D eigenvalue weighted by Crippen LogP contribution is 2.24. The molecule has 82 valence electrons. The van der Waals surface area contributed by atoms with E-state index in [0.717, 1.165) is 0 Å². The van der Waals surface area contributed by atoms with Crippen molar-refractivity contribution in [2.24, 2.45) is 5.73 Å².